The van der Waals surface area contributed by atoms with Crippen molar-refractivity contribution in [1.29, 1.82) is 0 Å². The zero-order valence-corrected chi connectivity index (χ0v) is 14.3. The van der Waals surface area contributed by atoms with Crippen LogP contribution < -0.4 is 20.1 Å². The summed E-state index contributed by atoms with van der Waals surface area (Å²) in [6.45, 7) is 0. The lowest BCUT2D eigenvalue weighted by Gasteiger charge is -2.29. The molecule has 25 heavy (non-hydrogen) atoms. The van der Waals surface area contributed by atoms with Gasteiger partial charge in [-0.1, -0.05) is 6.07 Å². The Balaban J connectivity index is 1.41. The minimum absolute atomic E-state index is 0.164. The predicted octanol–water partition coefficient (Wildman–Crippen LogP) is 3.60. The van der Waals surface area contributed by atoms with Crippen molar-refractivity contribution in [1.82, 2.24) is 10.3 Å². The van der Waals surface area contributed by atoms with Crippen LogP contribution in [0.4, 0.5) is 10.5 Å². The number of carbonyl (C=O) groups excluding carboxylic acids is 1. The molecule has 3 rings (SSSR count). The van der Waals surface area contributed by atoms with Crippen LogP contribution in [-0.2, 0) is 0 Å². The van der Waals surface area contributed by atoms with Crippen LogP contribution in [0.15, 0.2) is 48.7 Å². The summed E-state index contributed by atoms with van der Waals surface area (Å²) in [6, 6.07) is 12.9. The number of anilines is 1. The van der Waals surface area contributed by atoms with Gasteiger partial charge in [-0.3, -0.25) is 0 Å². The number of hydrogen-bond acceptors (Lipinski definition) is 4. The van der Waals surface area contributed by atoms with E-state index in [1.165, 1.54) is 0 Å². The number of pyridine rings is 1. The molecule has 1 aromatic carbocycles. The summed E-state index contributed by atoms with van der Waals surface area (Å²) < 4.78 is 11.0. The highest BCUT2D eigenvalue weighted by atomic mass is 16.5. The van der Waals surface area contributed by atoms with Crippen molar-refractivity contribution in [3.8, 4) is 11.6 Å². The highest BCUT2D eigenvalue weighted by Gasteiger charge is 2.23. The molecule has 6 nitrogen and oxygen atoms in total. The van der Waals surface area contributed by atoms with E-state index in [1.54, 1.807) is 13.3 Å². The van der Waals surface area contributed by atoms with Gasteiger partial charge in [-0.2, -0.15) is 0 Å². The third kappa shape index (κ3) is 5.11. The maximum atomic E-state index is 12.1. The number of urea groups is 1. The van der Waals surface area contributed by atoms with E-state index in [0.29, 0.717) is 5.88 Å². The highest BCUT2D eigenvalue weighted by molar-refractivity contribution is 5.89. The average molecular weight is 341 g/mol. The molecule has 0 bridgehead atoms. The maximum absolute atomic E-state index is 12.1. The van der Waals surface area contributed by atoms with E-state index in [-0.39, 0.29) is 18.2 Å². The van der Waals surface area contributed by atoms with Gasteiger partial charge < -0.3 is 20.1 Å². The van der Waals surface area contributed by atoms with Crippen molar-refractivity contribution in [3.63, 3.8) is 0 Å². The van der Waals surface area contributed by atoms with Crippen LogP contribution >= 0.6 is 0 Å². The van der Waals surface area contributed by atoms with Crippen molar-refractivity contribution in [2.75, 3.05) is 12.4 Å². The van der Waals surface area contributed by atoms with Gasteiger partial charge in [0.05, 0.1) is 7.11 Å². The molecule has 0 aliphatic heterocycles. The van der Waals surface area contributed by atoms with E-state index in [2.05, 4.69) is 15.6 Å². The number of hydrogen-bond donors (Lipinski definition) is 2. The maximum Gasteiger partial charge on any atom is 0.319 e. The molecular weight excluding hydrogens is 318 g/mol. The number of carbonyl (C=O) groups is 1. The van der Waals surface area contributed by atoms with Crippen molar-refractivity contribution in [3.05, 3.63) is 48.7 Å². The zero-order valence-electron chi connectivity index (χ0n) is 14.3. The first-order valence-electron chi connectivity index (χ1n) is 8.52. The molecule has 0 radical (unpaired) electrons. The van der Waals surface area contributed by atoms with Crippen LogP contribution in [0.5, 0.6) is 11.6 Å². The number of amides is 2. The Hall–Kier alpha value is -2.76. The van der Waals surface area contributed by atoms with E-state index in [0.717, 1.165) is 37.1 Å². The fourth-order valence-electron chi connectivity index (χ4n) is 2.94. The van der Waals surface area contributed by atoms with Gasteiger partial charge in [0.15, 0.2) is 0 Å². The van der Waals surface area contributed by atoms with Gasteiger partial charge in [-0.15, -0.1) is 0 Å². The molecule has 2 amide bonds. The Bertz CT molecular complexity index is 668. The summed E-state index contributed by atoms with van der Waals surface area (Å²) in [5.74, 6) is 1.42. The second-order valence-electron chi connectivity index (χ2n) is 6.09. The third-order valence-electron chi connectivity index (χ3n) is 4.28. The average Bonchev–Trinajstić information content (AvgIpc) is 2.65. The van der Waals surface area contributed by atoms with Crippen LogP contribution in [0.2, 0.25) is 0 Å². The highest BCUT2D eigenvalue weighted by Crippen LogP contribution is 2.23. The van der Waals surface area contributed by atoms with E-state index >= 15 is 0 Å². The van der Waals surface area contributed by atoms with Gasteiger partial charge in [-0.25, -0.2) is 9.78 Å². The summed E-state index contributed by atoms with van der Waals surface area (Å²) in [6.07, 6.45) is 5.50. The van der Waals surface area contributed by atoms with Crippen LogP contribution in [0.25, 0.3) is 0 Å². The van der Waals surface area contributed by atoms with Gasteiger partial charge in [0.1, 0.15) is 11.9 Å². The molecule has 0 spiro atoms. The van der Waals surface area contributed by atoms with Crippen LogP contribution in [0.1, 0.15) is 25.7 Å². The largest absolute Gasteiger partial charge is 0.497 e. The molecule has 1 aromatic heterocycles. The van der Waals surface area contributed by atoms with Gasteiger partial charge in [0, 0.05) is 24.0 Å². The third-order valence-corrected chi connectivity index (χ3v) is 4.28. The van der Waals surface area contributed by atoms with Crippen LogP contribution in [-0.4, -0.2) is 30.3 Å². The molecule has 2 aromatic rings. The SMILES string of the molecule is COc1ccc(NC(=O)NC2CCC(Oc3ccccn3)CC2)cc1. The molecular formula is C19H23N3O3. The normalized spacial score (nSPS) is 19.7. The quantitative estimate of drug-likeness (QED) is 0.871. The van der Waals surface area contributed by atoms with Gasteiger partial charge in [0.25, 0.3) is 0 Å². The minimum atomic E-state index is -0.181. The first kappa shape index (κ1) is 17.1. The molecule has 1 aliphatic carbocycles. The van der Waals surface area contributed by atoms with E-state index in [9.17, 15) is 4.79 Å². The number of benzene rings is 1. The Kier molecular flexibility index (Phi) is 5.72. The second kappa shape index (κ2) is 8.37. The van der Waals surface area contributed by atoms with E-state index in [1.807, 2.05) is 42.5 Å². The number of nitrogens with one attached hydrogen (secondary N) is 2. The molecule has 132 valence electrons. The van der Waals surface area contributed by atoms with E-state index in [4.69, 9.17) is 9.47 Å². The summed E-state index contributed by atoms with van der Waals surface area (Å²) in [4.78, 5) is 16.3. The topological polar surface area (TPSA) is 72.5 Å². The Morgan fingerprint density at radius 1 is 1.08 bits per heavy atom. The lowest BCUT2D eigenvalue weighted by molar-refractivity contribution is 0.135. The molecule has 0 atom stereocenters. The van der Waals surface area contributed by atoms with Crippen LogP contribution in [0.3, 0.4) is 0 Å². The molecule has 0 saturated heterocycles. The summed E-state index contributed by atoms with van der Waals surface area (Å²) in [5, 5.41) is 5.87. The van der Waals surface area contributed by atoms with Crippen molar-refractivity contribution in [2.24, 2.45) is 0 Å². The van der Waals surface area contributed by atoms with Gasteiger partial charge in [-0.05, 0) is 56.0 Å². The number of nitrogens with zero attached hydrogens (tertiary/aromatic N) is 1. The first-order chi connectivity index (χ1) is 12.2. The van der Waals surface area contributed by atoms with Crippen LogP contribution in [0, 0.1) is 0 Å². The molecule has 2 N–H and O–H groups in total. The molecule has 6 heteroatoms. The smallest absolute Gasteiger partial charge is 0.319 e. The van der Waals surface area contributed by atoms with Gasteiger partial charge >= 0.3 is 6.03 Å². The second-order valence-corrected chi connectivity index (χ2v) is 6.09. The first-order valence-corrected chi connectivity index (χ1v) is 8.52. The van der Waals surface area contributed by atoms with Crippen molar-refractivity contribution in [2.45, 2.75) is 37.8 Å². The lowest BCUT2D eigenvalue weighted by Crippen LogP contribution is -2.41. The summed E-state index contributed by atoms with van der Waals surface area (Å²) in [7, 11) is 1.61. The Morgan fingerprint density at radius 3 is 2.48 bits per heavy atom. The summed E-state index contributed by atoms with van der Waals surface area (Å²) >= 11 is 0. The van der Waals surface area contributed by atoms with Crippen molar-refractivity contribution >= 4 is 11.7 Å². The Morgan fingerprint density at radius 2 is 1.84 bits per heavy atom. The van der Waals surface area contributed by atoms with E-state index < -0.39 is 0 Å². The number of aromatic nitrogens is 1. The predicted molar refractivity (Wildman–Crippen MR) is 96.1 cm³/mol. The molecule has 1 saturated carbocycles. The standard InChI is InChI=1S/C19H23N3O3/c1-24-16-9-5-14(6-10-16)21-19(23)22-15-7-11-17(12-8-15)25-18-4-2-3-13-20-18/h2-6,9-10,13,15,17H,7-8,11-12H2,1H3,(H2,21,22,23). The Labute approximate surface area is 147 Å². The molecule has 1 heterocycles. The number of methoxy groups -OCH3 is 1. The molecule has 1 fully saturated rings. The zero-order chi connectivity index (χ0) is 17.5. The van der Waals surface area contributed by atoms with Crippen molar-refractivity contribution < 1.29 is 14.3 Å². The molecule has 1 aliphatic rings. The fourth-order valence-corrected chi connectivity index (χ4v) is 2.94. The lowest BCUT2D eigenvalue weighted by atomic mass is 9.93. The summed E-state index contributed by atoms with van der Waals surface area (Å²) in [5.41, 5.74) is 0.741. The molecule has 0 unspecified atom stereocenters. The monoisotopic (exact) mass is 341 g/mol. The van der Waals surface area contributed by atoms with Gasteiger partial charge in [0.2, 0.25) is 5.88 Å². The number of rotatable bonds is 5. The number of ether oxygens (including phenoxy) is 2. The fraction of sp³-hybridized carbons (Fsp3) is 0.368. The minimum Gasteiger partial charge on any atom is -0.497 e.